The minimum Gasteiger partial charge on any atom is -0.383 e. The number of halogens is 1. The Labute approximate surface area is 105 Å². The summed E-state index contributed by atoms with van der Waals surface area (Å²) in [7, 11) is 0. The van der Waals surface area contributed by atoms with Gasteiger partial charge in [0.1, 0.15) is 6.10 Å². The number of aliphatic hydroxyl groups is 1. The lowest BCUT2D eigenvalue weighted by Crippen LogP contribution is -1.97. The first-order valence-electron chi connectivity index (χ1n) is 4.61. The van der Waals surface area contributed by atoms with E-state index in [1.54, 1.807) is 0 Å². The fourth-order valence-corrected chi connectivity index (χ4v) is 2.30. The Kier molecular flexibility index (Phi) is 3.37. The van der Waals surface area contributed by atoms with Crippen molar-refractivity contribution in [3.05, 3.63) is 55.5 Å². The van der Waals surface area contributed by atoms with Gasteiger partial charge in [-0.3, -0.25) is 10.1 Å². The number of nitro groups is 1. The maximum atomic E-state index is 10.5. The van der Waals surface area contributed by atoms with Crippen molar-refractivity contribution in [1.82, 2.24) is 4.98 Å². The predicted octanol–water partition coefficient (Wildman–Crippen LogP) is 2.79. The van der Waals surface area contributed by atoms with Crippen LogP contribution in [-0.4, -0.2) is 15.0 Å². The van der Waals surface area contributed by atoms with E-state index in [0.717, 1.165) is 0 Å². The highest BCUT2D eigenvalue weighted by molar-refractivity contribution is 7.15. The molecule has 1 aromatic heterocycles. The Balaban J connectivity index is 2.25. The number of benzene rings is 1. The Hall–Kier alpha value is -1.50. The summed E-state index contributed by atoms with van der Waals surface area (Å²) in [6.07, 6.45) is 0.625. The normalized spacial score (nSPS) is 12.4. The van der Waals surface area contributed by atoms with Crippen LogP contribution in [0.25, 0.3) is 0 Å². The van der Waals surface area contributed by atoms with E-state index < -0.39 is 11.0 Å². The molecule has 0 saturated heterocycles. The van der Waals surface area contributed by atoms with Gasteiger partial charge < -0.3 is 5.11 Å². The van der Waals surface area contributed by atoms with Gasteiger partial charge in [-0.2, -0.15) is 0 Å². The monoisotopic (exact) mass is 270 g/mol. The summed E-state index contributed by atoms with van der Waals surface area (Å²) in [6.45, 7) is 0. The standard InChI is InChI=1S/C10H7ClN2O3S/c11-10-12-5-8(17-10)9(14)6-1-3-7(4-2-6)13(15)16/h1-5,9,14H. The van der Waals surface area contributed by atoms with E-state index in [9.17, 15) is 15.2 Å². The molecule has 1 heterocycles. The van der Waals surface area contributed by atoms with Crippen LogP contribution in [0, 0.1) is 10.1 Å². The molecule has 0 spiro atoms. The molecule has 1 atom stereocenters. The maximum absolute atomic E-state index is 10.5. The van der Waals surface area contributed by atoms with Crippen LogP contribution in [0.4, 0.5) is 5.69 Å². The summed E-state index contributed by atoms with van der Waals surface area (Å²) in [4.78, 5) is 14.4. The summed E-state index contributed by atoms with van der Waals surface area (Å²) in [5.41, 5.74) is 0.555. The molecule has 0 saturated carbocycles. The van der Waals surface area contributed by atoms with E-state index in [0.29, 0.717) is 14.9 Å². The zero-order valence-electron chi connectivity index (χ0n) is 8.41. The fourth-order valence-electron chi connectivity index (χ4n) is 1.33. The molecule has 2 aromatic rings. The van der Waals surface area contributed by atoms with Crippen molar-refractivity contribution in [1.29, 1.82) is 0 Å². The van der Waals surface area contributed by atoms with Crippen LogP contribution >= 0.6 is 22.9 Å². The molecular weight excluding hydrogens is 264 g/mol. The third kappa shape index (κ3) is 2.60. The van der Waals surface area contributed by atoms with Crippen LogP contribution in [0.5, 0.6) is 0 Å². The number of nitro benzene ring substituents is 1. The van der Waals surface area contributed by atoms with Gasteiger partial charge in [0.2, 0.25) is 0 Å². The van der Waals surface area contributed by atoms with E-state index in [4.69, 9.17) is 11.6 Å². The van der Waals surface area contributed by atoms with E-state index in [2.05, 4.69) is 4.98 Å². The lowest BCUT2D eigenvalue weighted by Gasteiger charge is -2.07. The summed E-state index contributed by atoms with van der Waals surface area (Å²) in [6, 6.07) is 5.72. The third-order valence-electron chi connectivity index (χ3n) is 2.18. The molecule has 0 aliphatic rings. The van der Waals surface area contributed by atoms with Crippen molar-refractivity contribution >= 4 is 28.6 Å². The zero-order chi connectivity index (χ0) is 12.4. The van der Waals surface area contributed by atoms with Crippen LogP contribution in [0.1, 0.15) is 16.5 Å². The van der Waals surface area contributed by atoms with Crippen LogP contribution < -0.4 is 0 Å². The van der Waals surface area contributed by atoms with Crippen LogP contribution in [0.2, 0.25) is 4.47 Å². The zero-order valence-corrected chi connectivity index (χ0v) is 9.98. The van der Waals surface area contributed by atoms with Crippen molar-refractivity contribution in [3.63, 3.8) is 0 Å². The molecule has 0 bridgehead atoms. The molecule has 1 unspecified atom stereocenters. The van der Waals surface area contributed by atoms with Gasteiger partial charge in [0, 0.05) is 18.3 Å². The molecule has 0 aliphatic heterocycles. The first-order valence-corrected chi connectivity index (χ1v) is 5.81. The van der Waals surface area contributed by atoms with Crippen molar-refractivity contribution < 1.29 is 10.0 Å². The Morgan fingerprint density at radius 1 is 1.41 bits per heavy atom. The molecule has 7 heteroatoms. The summed E-state index contributed by atoms with van der Waals surface area (Å²) in [5.74, 6) is 0. The second kappa shape index (κ2) is 4.79. The van der Waals surface area contributed by atoms with Crippen molar-refractivity contribution in [3.8, 4) is 0 Å². The van der Waals surface area contributed by atoms with Gasteiger partial charge >= 0.3 is 0 Å². The molecule has 1 N–H and O–H groups in total. The molecule has 0 amide bonds. The number of nitrogens with zero attached hydrogens (tertiary/aromatic N) is 2. The topological polar surface area (TPSA) is 76.3 Å². The molecule has 5 nitrogen and oxygen atoms in total. The van der Waals surface area contributed by atoms with Crippen LogP contribution in [-0.2, 0) is 0 Å². The van der Waals surface area contributed by atoms with Crippen LogP contribution in [0.3, 0.4) is 0 Å². The lowest BCUT2D eigenvalue weighted by molar-refractivity contribution is -0.384. The fraction of sp³-hybridized carbons (Fsp3) is 0.100. The lowest BCUT2D eigenvalue weighted by atomic mass is 10.1. The van der Waals surface area contributed by atoms with Gasteiger partial charge in [-0.15, -0.1) is 11.3 Å². The third-order valence-corrected chi connectivity index (χ3v) is 3.35. The van der Waals surface area contributed by atoms with Gasteiger partial charge in [-0.05, 0) is 17.7 Å². The summed E-state index contributed by atoms with van der Waals surface area (Å²) < 4.78 is 0.348. The van der Waals surface area contributed by atoms with Gasteiger partial charge in [0.15, 0.2) is 4.47 Å². The first-order chi connectivity index (χ1) is 8.08. The maximum Gasteiger partial charge on any atom is 0.269 e. The molecule has 0 fully saturated rings. The van der Waals surface area contributed by atoms with E-state index >= 15 is 0 Å². The Morgan fingerprint density at radius 2 is 2.06 bits per heavy atom. The van der Waals surface area contributed by atoms with Gasteiger partial charge in [0.25, 0.3) is 5.69 Å². The van der Waals surface area contributed by atoms with Gasteiger partial charge in [-0.1, -0.05) is 11.6 Å². The second-order valence-electron chi connectivity index (χ2n) is 3.27. The SMILES string of the molecule is O=[N+]([O-])c1ccc(C(O)c2cnc(Cl)s2)cc1. The summed E-state index contributed by atoms with van der Waals surface area (Å²) >= 11 is 6.84. The quantitative estimate of drug-likeness (QED) is 0.687. The average molecular weight is 271 g/mol. The minimum atomic E-state index is -0.860. The van der Waals surface area contributed by atoms with Crippen molar-refractivity contribution in [2.24, 2.45) is 0 Å². The Bertz CT molecular complexity index is 541. The average Bonchev–Trinajstić information content (AvgIpc) is 2.75. The minimum absolute atomic E-state index is 0.0108. The van der Waals surface area contributed by atoms with Gasteiger partial charge in [0.05, 0.1) is 9.80 Å². The largest absolute Gasteiger partial charge is 0.383 e. The van der Waals surface area contributed by atoms with E-state index in [1.807, 2.05) is 0 Å². The number of hydrogen-bond acceptors (Lipinski definition) is 5. The van der Waals surface area contributed by atoms with Crippen LogP contribution in [0.15, 0.2) is 30.5 Å². The molecule has 0 aliphatic carbocycles. The number of rotatable bonds is 3. The number of aromatic nitrogens is 1. The molecule has 1 aromatic carbocycles. The molecule has 2 rings (SSSR count). The number of hydrogen-bond donors (Lipinski definition) is 1. The van der Waals surface area contributed by atoms with Gasteiger partial charge in [-0.25, -0.2) is 4.98 Å². The second-order valence-corrected chi connectivity index (χ2v) is 4.91. The predicted molar refractivity (Wildman–Crippen MR) is 64.3 cm³/mol. The van der Waals surface area contributed by atoms with E-state index in [-0.39, 0.29) is 5.69 Å². The molecule has 17 heavy (non-hydrogen) atoms. The molecular formula is C10H7ClN2O3S. The number of thiazole rings is 1. The van der Waals surface area contributed by atoms with E-state index in [1.165, 1.54) is 41.8 Å². The molecule has 0 radical (unpaired) electrons. The van der Waals surface area contributed by atoms with Crippen molar-refractivity contribution in [2.45, 2.75) is 6.10 Å². The highest BCUT2D eigenvalue weighted by Gasteiger charge is 2.15. The smallest absolute Gasteiger partial charge is 0.269 e. The summed E-state index contributed by atoms with van der Waals surface area (Å²) in [5, 5.41) is 20.4. The first kappa shape index (κ1) is 12.0. The number of aliphatic hydroxyl groups excluding tert-OH is 1. The highest BCUT2D eigenvalue weighted by atomic mass is 35.5. The molecule has 88 valence electrons. The Morgan fingerprint density at radius 3 is 2.53 bits per heavy atom. The van der Waals surface area contributed by atoms with Crippen molar-refractivity contribution in [2.75, 3.05) is 0 Å². The number of non-ortho nitro benzene ring substituents is 1. The highest BCUT2D eigenvalue weighted by Crippen LogP contribution is 2.29.